The minimum Gasteiger partial charge on any atom is -0.496 e. The van der Waals surface area contributed by atoms with Crippen LogP contribution in [0, 0.1) is 13.8 Å². The van der Waals surface area contributed by atoms with Crippen molar-refractivity contribution in [3.63, 3.8) is 0 Å². The molecule has 0 heterocycles. The number of carbonyl (C=O) groups excluding carboxylic acids is 1. The SMILES string of the molecule is CN=C(NCCc1cc(C)ccc1OC)NCC(=O)Nc1cc(Br)ccc1C. The van der Waals surface area contributed by atoms with Crippen LogP contribution in [0.15, 0.2) is 45.9 Å². The molecule has 150 valence electrons. The molecule has 0 aromatic heterocycles. The Morgan fingerprint density at radius 3 is 2.64 bits per heavy atom. The normalized spacial score (nSPS) is 11.1. The van der Waals surface area contributed by atoms with Crippen molar-refractivity contribution in [1.82, 2.24) is 10.6 Å². The molecular weight excluding hydrogens is 420 g/mol. The number of anilines is 1. The van der Waals surface area contributed by atoms with E-state index < -0.39 is 0 Å². The van der Waals surface area contributed by atoms with E-state index in [0.717, 1.165) is 33.5 Å². The zero-order chi connectivity index (χ0) is 20.5. The number of halogens is 1. The summed E-state index contributed by atoms with van der Waals surface area (Å²) in [7, 11) is 3.35. The number of benzene rings is 2. The van der Waals surface area contributed by atoms with Gasteiger partial charge in [0.25, 0.3) is 0 Å². The molecule has 3 N–H and O–H groups in total. The van der Waals surface area contributed by atoms with Crippen molar-refractivity contribution in [1.29, 1.82) is 0 Å². The fourth-order valence-corrected chi connectivity index (χ4v) is 3.09. The van der Waals surface area contributed by atoms with Gasteiger partial charge in [-0.3, -0.25) is 9.79 Å². The van der Waals surface area contributed by atoms with Crippen LogP contribution < -0.4 is 20.7 Å². The standard InChI is InChI=1S/C21H27BrN4O2/c1-14-5-8-19(28-4)16(11-14)9-10-24-21(23-3)25-13-20(27)26-18-12-17(22)7-6-15(18)2/h5-8,11-12H,9-10,13H2,1-4H3,(H,26,27)(H2,23,24,25). The third-order valence-electron chi connectivity index (χ3n) is 4.24. The first-order chi connectivity index (χ1) is 13.4. The Hall–Kier alpha value is -2.54. The number of methoxy groups -OCH3 is 1. The summed E-state index contributed by atoms with van der Waals surface area (Å²) < 4.78 is 6.33. The number of hydrogen-bond donors (Lipinski definition) is 3. The molecule has 6 nitrogen and oxygen atoms in total. The Kier molecular flexibility index (Phi) is 8.32. The predicted octanol–water partition coefficient (Wildman–Crippen LogP) is 3.42. The Bertz CT molecular complexity index is 852. The van der Waals surface area contributed by atoms with Gasteiger partial charge in [-0.1, -0.05) is 39.7 Å². The molecule has 0 spiro atoms. The quantitative estimate of drug-likeness (QED) is 0.449. The van der Waals surface area contributed by atoms with Gasteiger partial charge in [0.1, 0.15) is 5.75 Å². The van der Waals surface area contributed by atoms with E-state index in [9.17, 15) is 4.79 Å². The zero-order valence-electron chi connectivity index (χ0n) is 16.7. The Balaban J connectivity index is 1.82. The summed E-state index contributed by atoms with van der Waals surface area (Å²) >= 11 is 3.42. The molecule has 2 aromatic rings. The van der Waals surface area contributed by atoms with Crippen LogP contribution in [0.5, 0.6) is 5.75 Å². The van der Waals surface area contributed by atoms with Crippen molar-refractivity contribution in [2.24, 2.45) is 4.99 Å². The highest BCUT2D eigenvalue weighted by Crippen LogP contribution is 2.21. The van der Waals surface area contributed by atoms with E-state index in [1.165, 1.54) is 5.56 Å². The van der Waals surface area contributed by atoms with E-state index in [0.29, 0.717) is 12.5 Å². The molecule has 1 amide bonds. The zero-order valence-corrected chi connectivity index (χ0v) is 18.3. The number of carbonyl (C=O) groups is 1. The Morgan fingerprint density at radius 2 is 1.93 bits per heavy atom. The van der Waals surface area contributed by atoms with Crippen molar-refractivity contribution in [2.75, 3.05) is 32.6 Å². The number of ether oxygens (including phenoxy) is 1. The monoisotopic (exact) mass is 446 g/mol. The average Bonchev–Trinajstić information content (AvgIpc) is 2.67. The highest BCUT2D eigenvalue weighted by Gasteiger charge is 2.08. The highest BCUT2D eigenvalue weighted by molar-refractivity contribution is 9.10. The number of hydrogen-bond acceptors (Lipinski definition) is 3. The maximum Gasteiger partial charge on any atom is 0.243 e. The fourth-order valence-electron chi connectivity index (χ4n) is 2.73. The summed E-state index contributed by atoms with van der Waals surface area (Å²) in [5.74, 6) is 1.32. The van der Waals surface area contributed by atoms with Gasteiger partial charge in [0.05, 0.1) is 13.7 Å². The minimum atomic E-state index is -0.135. The molecule has 0 unspecified atom stereocenters. The van der Waals surface area contributed by atoms with Gasteiger partial charge >= 0.3 is 0 Å². The average molecular weight is 447 g/mol. The maximum absolute atomic E-state index is 12.2. The van der Waals surface area contributed by atoms with Gasteiger partial charge in [-0.25, -0.2) is 0 Å². The number of nitrogens with zero attached hydrogens (tertiary/aromatic N) is 1. The van der Waals surface area contributed by atoms with Gasteiger partial charge in [0, 0.05) is 23.8 Å². The molecule has 2 aromatic carbocycles. The first kappa shape index (κ1) is 21.8. The number of amides is 1. The Labute approximate surface area is 174 Å². The first-order valence-electron chi connectivity index (χ1n) is 9.07. The number of guanidine groups is 1. The Morgan fingerprint density at radius 1 is 1.14 bits per heavy atom. The smallest absolute Gasteiger partial charge is 0.243 e. The van der Waals surface area contributed by atoms with E-state index in [1.807, 2.05) is 37.3 Å². The van der Waals surface area contributed by atoms with Crippen LogP contribution in [0.25, 0.3) is 0 Å². The molecule has 0 saturated heterocycles. The van der Waals surface area contributed by atoms with Gasteiger partial charge < -0.3 is 20.7 Å². The maximum atomic E-state index is 12.2. The predicted molar refractivity (Wildman–Crippen MR) is 118 cm³/mol. The summed E-state index contributed by atoms with van der Waals surface area (Å²) in [5, 5.41) is 9.16. The molecule has 0 atom stereocenters. The number of aliphatic imine (C=N–C) groups is 1. The van der Waals surface area contributed by atoms with Gasteiger partial charge in [-0.2, -0.15) is 0 Å². The van der Waals surface area contributed by atoms with Crippen molar-refractivity contribution in [3.05, 3.63) is 57.6 Å². The molecule has 0 bridgehead atoms. The lowest BCUT2D eigenvalue weighted by molar-refractivity contribution is -0.115. The lowest BCUT2D eigenvalue weighted by Gasteiger charge is -2.14. The molecule has 28 heavy (non-hydrogen) atoms. The van der Waals surface area contributed by atoms with Crippen LogP contribution in [0.3, 0.4) is 0 Å². The van der Waals surface area contributed by atoms with E-state index in [2.05, 4.69) is 49.9 Å². The molecule has 0 aliphatic rings. The van der Waals surface area contributed by atoms with Crippen molar-refractivity contribution in [2.45, 2.75) is 20.3 Å². The second-order valence-corrected chi connectivity index (χ2v) is 7.34. The van der Waals surface area contributed by atoms with Crippen molar-refractivity contribution >= 4 is 33.5 Å². The van der Waals surface area contributed by atoms with Crippen molar-refractivity contribution < 1.29 is 9.53 Å². The minimum absolute atomic E-state index is 0.124. The highest BCUT2D eigenvalue weighted by atomic mass is 79.9. The second-order valence-electron chi connectivity index (χ2n) is 6.43. The van der Waals surface area contributed by atoms with Gasteiger partial charge in [-0.15, -0.1) is 0 Å². The first-order valence-corrected chi connectivity index (χ1v) is 9.86. The number of rotatable bonds is 7. The van der Waals surface area contributed by atoms with E-state index in [4.69, 9.17) is 4.74 Å². The van der Waals surface area contributed by atoms with Crippen LogP contribution in [-0.2, 0) is 11.2 Å². The third kappa shape index (κ3) is 6.56. The van der Waals surface area contributed by atoms with Crippen LogP contribution in [0.2, 0.25) is 0 Å². The van der Waals surface area contributed by atoms with E-state index >= 15 is 0 Å². The summed E-state index contributed by atoms with van der Waals surface area (Å²) in [6.45, 7) is 4.81. The number of aryl methyl sites for hydroxylation is 2. The molecule has 2 rings (SSSR count). The molecule has 7 heteroatoms. The fraction of sp³-hybridized carbons (Fsp3) is 0.333. The molecule has 0 radical (unpaired) electrons. The van der Waals surface area contributed by atoms with Gasteiger partial charge in [-0.05, 0) is 49.6 Å². The summed E-state index contributed by atoms with van der Waals surface area (Å²) in [5.41, 5.74) is 4.12. The number of nitrogens with one attached hydrogen (secondary N) is 3. The molecule has 0 aliphatic heterocycles. The summed E-state index contributed by atoms with van der Waals surface area (Å²) in [6.07, 6.45) is 0.787. The van der Waals surface area contributed by atoms with Gasteiger partial charge in [0.2, 0.25) is 5.91 Å². The summed E-state index contributed by atoms with van der Waals surface area (Å²) in [6, 6.07) is 11.9. The van der Waals surface area contributed by atoms with Crippen LogP contribution in [0.4, 0.5) is 5.69 Å². The molecule has 0 aliphatic carbocycles. The second kappa shape index (κ2) is 10.7. The van der Waals surface area contributed by atoms with Gasteiger partial charge in [0.15, 0.2) is 5.96 Å². The van der Waals surface area contributed by atoms with Crippen LogP contribution >= 0.6 is 15.9 Å². The third-order valence-corrected chi connectivity index (χ3v) is 4.73. The largest absolute Gasteiger partial charge is 0.496 e. The van der Waals surface area contributed by atoms with E-state index in [1.54, 1.807) is 14.2 Å². The summed E-state index contributed by atoms with van der Waals surface area (Å²) in [4.78, 5) is 16.4. The topological polar surface area (TPSA) is 74.8 Å². The van der Waals surface area contributed by atoms with Crippen LogP contribution in [-0.4, -0.2) is 39.1 Å². The molecule has 0 fully saturated rings. The van der Waals surface area contributed by atoms with E-state index in [-0.39, 0.29) is 12.5 Å². The van der Waals surface area contributed by atoms with Crippen molar-refractivity contribution in [3.8, 4) is 5.75 Å². The molecule has 0 saturated carbocycles. The lowest BCUT2D eigenvalue weighted by Crippen LogP contribution is -2.42. The lowest BCUT2D eigenvalue weighted by atomic mass is 10.1. The van der Waals surface area contributed by atoms with Crippen LogP contribution in [0.1, 0.15) is 16.7 Å². The molecular formula is C21H27BrN4O2.